The zero-order valence-electron chi connectivity index (χ0n) is 8.33. The topological polar surface area (TPSA) is 24.9 Å². The second-order valence-corrected chi connectivity index (χ2v) is 4.49. The molecule has 0 radical (unpaired) electrons. The summed E-state index contributed by atoms with van der Waals surface area (Å²) in [6.07, 6.45) is 2.74. The van der Waals surface area contributed by atoms with E-state index in [0.717, 1.165) is 17.8 Å². The lowest BCUT2D eigenvalue weighted by molar-refractivity contribution is 1.18. The molecule has 2 rings (SSSR count). The molecular weight excluding hydrogens is 228 g/mol. The molecule has 2 aromatic heterocycles. The lowest BCUT2D eigenvalue weighted by Crippen LogP contribution is -1.91. The Labute approximate surface area is 97.9 Å². The molecule has 0 unspecified atom stereocenters. The monoisotopic (exact) mass is 238 g/mol. The Hall–Kier alpha value is -1.06. The Morgan fingerprint density at radius 1 is 1.47 bits per heavy atom. The lowest BCUT2D eigenvalue weighted by atomic mass is 10.3. The molecule has 0 atom stereocenters. The number of halogens is 1. The fourth-order valence-electron chi connectivity index (χ4n) is 1.36. The van der Waals surface area contributed by atoms with Gasteiger partial charge in [0.05, 0.1) is 5.69 Å². The molecule has 0 bridgehead atoms. The van der Waals surface area contributed by atoms with Crippen LogP contribution in [0, 0.1) is 0 Å². The van der Waals surface area contributed by atoms with Gasteiger partial charge < -0.3 is 5.32 Å². The van der Waals surface area contributed by atoms with E-state index in [4.69, 9.17) is 11.6 Å². The summed E-state index contributed by atoms with van der Waals surface area (Å²) in [5, 5.41) is 5.93. The third-order valence-corrected chi connectivity index (χ3v) is 3.34. The van der Waals surface area contributed by atoms with Crippen LogP contribution in [0.3, 0.4) is 0 Å². The summed E-state index contributed by atoms with van der Waals surface area (Å²) in [6.45, 7) is 2.15. The summed E-state index contributed by atoms with van der Waals surface area (Å²) in [4.78, 5) is 5.29. The van der Waals surface area contributed by atoms with Crippen molar-refractivity contribution < 1.29 is 0 Å². The summed E-state index contributed by atoms with van der Waals surface area (Å²) < 4.78 is 0. The molecule has 2 aromatic rings. The van der Waals surface area contributed by atoms with E-state index in [1.165, 1.54) is 4.88 Å². The Morgan fingerprint density at radius 3 is 3.07 bits per heavy atom. The number of rotatable bonds is 3. The summed E-state index contributed by atoms with van der Waals surface area (Å²) in [5.41, 5.74) is 2.13. The molecular formula is C11H11ClN2S. The highest BCUT2D eigenvalue weighted by Crippen LogP contribution is 2.26. The zero-order valence-corrected chi connectivity index (χ0v) is 9.90. The van der Waals surface area contributed by atoms with E-state index in [-0.39, 0.29) is 0 Å². The van der Waals surface area contributed by atoms with E-state index in [0.29, 0.717) is 5.15 Å². The molecule has 0 aliphatic rings. The first kappa shape index (κ1) is 10.5. The van der Waals surface area contributed by atoms with Crippen LogP contribution >= 0.6 is 22.9 Å². The Morgan fingerprint density at radius 2 is 2.33 bits per heavy atom. The van der Waals surface area contributed by atoms with Gasteiger partial charge in [0.25, 0.3) is 0 Å². The van der Waals surface area contributed by atoms with Crippen LogP contribution in [0.4, 0.5) is 11.4 Å². The first-order valence-corrected chi connectivity index (χ1v) is 6.00. The van der Waals surface area contributed by atoms with Gasteiger partial charge >= 0.3 is 0 Å². The lowest BCUT2D eigenvalue weighted by Gasteiger charge is -2.06. The molecule has 0 spiro atoms. The van der Waals surface area contributed by atoms with Crippen molar-refractivity contribution in [2.45, 2.75) is 13.3 Å². The number of aryl methyl sites for hydroxylation is 1. The predicted octanol–water partition coefficient (Wildman–Crippen LogP) is 4.10. The minimum Gasteiger partial charge on any atom is -0.354 e. The van der Waals surface area contributed by atoms with E-state index >= 15 is 0 Å². The minimum atomic E-state index is 0.508. The summed E-state index contributed by atoms with van der Waals surface area (Å²) in [7, 11) is 0. The van der Waals surface area contributed by atoms with E-state index in [1.54, 1.807) is 17.5 Å². The molecule has 1 N–H and O–H groups in total. The number of pyridine rings is 1. The van der Waals surface area contributed by atoms with Crippen molar-refractivity contribution in [3.05, 3.63) is 39.8 Å². The Kier molecular flexibility index (Phi) is 3.23. The van der Waals surface area contributed by atoms with Gasteiger partial charge in [0, 0.05) is 16.8 Å². The van der Waals surface area contributed by atoms with Gasteiger partial charge in [-0.1, -0.05) is 18.5 Å². The van der Waals surface area contributed by atoms with Gasteiger partial charge in [0.15, 0.2) is 0 Å². The number of anilines is 2. The molecule has 0 aromatic carbocycles. The van der Waals surface area contributed by atoms with Gasteiger partial charge in [-0.2, -0.15) is 0 Å². The average Bonchev–Trinajstić information content (AvgIpc) is 2.65. The van der Waals surface area contributed by atoms with Gasteiger partial charge in [-0.25, -0.2) is 4.98 Å². The van der Waals surface area contributed by atoms with Gasteiger partial charge in [-0.15, -0.1) is 11.3 Å². The van der Waals surface area contributed by atoms with E-state index in [9.17, 15) is 0 Å². The van der Waals surface area contributed by atoms with Gasteiger partial charge in [-0.05, 0) is 30.0 Å². The maximum atomic E-state index is 5.81. The minimum absolute atomic E-state index is 0.508. The molecule has 15 heavy (non-hydrogen) atoms. The maximum Gasteiger partial charge on any atom is 0.131 e. The van der Waals surface area contributed by atoms with Crippen LogP contribution in [0.5, 0.6) is 0 Å². The van der Waals surface area contributed by atoms with Crippen molar-refractivity contribution in [2.75, 3.05) is 5.32 Å². The quantitative estimate of drug-likeness (QED) is 0.815. The molecule has 4 heteroatoms. The van der Waals surface area contributed by atoms with Crippen LogP contribution in [0.2, 0.25) is 5.15 Å². The number of hydrogen-bond donors (Lipinski definition) is 1. The molecule has 0 amide bonds. The molecule has 2 heterocycles. The third kappa shape index (κ3) is 2.49. The first-order valence-electron chi connectivity index (χ1n) is 4.74. The van der Waals surface area contributed by atoms with Crippen LogP contribution < -0.4 is 5.32 Å². The molecule has 2 nitrogen and oxygen atoms in total. The smallest absolute Gasteiger partial charge is 0.131 e. The van der Waals surface area contributed by atoms with E-state index in [1.807, 2.05) is 12.1 Å². The van der Waals surface area contributed by atoms with Crippen molar-refractivity contribution in [3.63, 3.8) is 0 Å². The molecule has 0 saturated carbocycles. The van der Waals surface area contributed by atoms with E-state index in [2.05, 4.69) is 28.7 Å². The standard InChI is InChI=1S/C11H11ClN2S/c1-2-10-9(4-6-15-10)14-8-3-5-13-11(12)7-8/h3-7H,2H2,1H3,(H,13,14). The fraction of sp³-hybridized carbons (Fsp3) is 0.182. The SMILES string of the molecule is CCc1sccc1Nc1ccnc(Cl)c1. The van der Waals surface area contributed by atoms with Gasteiger partial charge in [0.2, 0.25) is 0 Å². The van der Waals surface area contributed by atoms with Gasteiger partial charge in [-0.3, -0.25) is 0 Å². The van der Waals surface area contributed by atoms with E-state index < -0.39 is 0 Å². The predicted molar refractivity (Wildman–Crippen MR) is 66.2 cm³/mol. The Balaban J connectivity index is 2.22. The molecule has 0 fully saturated rings. The number of nitrogens with zero attached hydrogens (tertiary/aromatic N) is 1. The summed E-state index contributed by atoms with van der Waals surface area (Å²) in [6, 6.07) is 5.81. The second kappa shape index (κ2) is 4.64. The molecule has 0 aliphatic carbocycles. The van der Waals surface area contributed by atoms with Crippen molar-refractivity contribution in [1.82, 2.24) is 4.98 Å². The van der Waals surface area contributed by atoms with Crippen LogP contribution in [-0.4, -0.2) is 4.98 Å². The fourth-order valence-corrected chi connectivity index (χ4v) is 2.32. The highest BCUT2D eigenvalue weighted by atomic mass is 35.5. The number of aromatic nitrogens is 1. The summed E-state index contributed by atoms with van der Waals surface area (Å²) in [5.74, 6) is 0. The third-order valence-electron chi connectivity index (χ3n) is 2.07. The van der Waals surface area contributed by atoms with Crippen LogP contribution in [-0.2, 0) is 6.42 Å². The van der Waals surface area contributed by atoms with Crippen LogP contribution in [0.1, 0.15) is 11.8 Å². The highest BCUT2D eigenvalue weighted by molar-refractivity contribution is 7.10. The maximum absolute atomic E-state index is 5.81. The number of hydrogen-bond acceptors (Lipinski definition) is 3. The second-order valence-electron chi connectivity index (χ2n) is 3.10. The zero-order chi connectivity index (χ0) is 10.7. The average molecular weight is 239 g/mol. The van der Waals surface area contributed by atoms with Gasteiger partial charge in [0.1, 0.15) is 5.15 Å². The molecule has 0 aliphatic heterocycles. The summed E-state index contributed by atoms with van der Waals surface area (Å²) >= 11 is 7.57. The number of thiophene rings is 1. The van der Waals surface area contributed by atoms with Crippen molar-refractivity contribution in [2.24, 2.45) is 0 Å². The van der Waals surface area contributed by atoms with Crippen molar-refractivity contribution in [3.8, 4) is 0 Å². The van der Waals surface area contributed by atoms with Crippen molar-refractivity contribution >= 4 is 34.3 Å². The largest absolute Gasteiger partial charge is 0.354 e. The van der Waals surface area contributed by atoms with Crippen LogP contribution in [0.15, 0.2) is 29.8 Å². The van der Waals surface area contributed by atoms with Crippen LogP contribution in [0.25, 0.3) is 0 Å². The molecule has 0 saturated heterocycles. The number of nitrogens with one attached hydrogen (secondary N) is 1. The molecule has 78 valence electrons. The van der Waals surface area contributed by atoms with Crippen molar-refractivity contribution in [1.29, 1.82) is 0 Å². The normalized spacial score (nSPS) is 10.3. The Bertz CT molecular complexity index is 453. The first-order chi connectivity index (χ1) is 7.29. The highest BCUT2D eigenvalue weighted by Gasteiger charge is 2.02.